The lowest BCUT2D eigenvalue weighted by molar-refractivity contribution is 0.0702. The number of hydrogen-bond donors (Lipinski definition) is 0. The topological polar surface area (TPSA) is 47.4 Å². The van der Waals surface area contributed by atoms with Crippen LogP contribution in [0, 0.1) is 11.7 Å². The van der Waals surface area contributed by atoms with E-state index in [1.54, 1.807) is 6.07 Å². The summed E-state index contributed by atoms with van der Waals surface area (Å²) >= 11 is 0. The van der Waals surface area contributed by atoms with Crippen LogP contribution in [-0.4, -0.2) is 40.6 Å². The van der Waals surface area contributed by atoms with Gasteiger partial charge in [0.15, 0.2) is 11.6 Å². The minimum Gasteiger partial charge on any atom is -0.494 e. The molecule has 4 rings (SSSR count). The van der Waals surface area contributed by atoms with Crippen molar-refractivity contribution >= 4 is 5.91 Å². The molecule has 1 aromatic heterocycles. The Morgan fingerprint density at radius 3 is 2.92 bits per heavy atom. The summed E-state index contributed by atoms with van der Waals surface area (Å²) in [7, 11) is 1.42. The lowest BCUT2D eigenvalue weighted by Crippen LogP contribution is -2.39. The van der Waals surface area contributed by atoms with Gasteiger partial charge in [-0.05, 0) is 49.8 Å². The third-order valence-electron chi connectivity index (χ3n) is 5.37. The quantitative estimate of drug-likeness (QED) is 0.823. The molecule has 2 fully saturated rings. The standard InChI is InChI=1S/C20H24FN3O2/c1-26-18-7-6-15(11-17(18)21)20(25)24-9-2-3-16(13-24)19-22-8-10-23(19)12-14-4-5-14/h6-8,10-11,14,16H,2-5,9,12-13H2,1H3/t16-/m1/s1. The summed E-state index contributed by atoms with van der Waals surface area (Å²) in [5, 5.41) is 0. The van der Waals surface area contributed by atoms with Gasteiger partial charge in [0.25, 0.3) is 5.91 Å². The molecule has 6 heteroatoms. The zero-order valence-corrected chi connectivity index (χ0v) is 15.0. The number of hydrogen-bond acceptors (Lipinski definition) is 3. The molecule has 0 bridgehead atoms. The first-order valence-electron chi connectivity index (χ1n) is 9.29. The maximum absolute atomic E-state index is 13.9. The molecule has 5 nitrogen and oxygen atoms in total. The number of carbonyl (C=O) groups excluding carboxylic acids is 1. The third kappa shape index (κ3) is 3.45. The second-order valence-electron chi connectivity index (χ2n) is 7.32. The van der Waals surface area contributed by atoms with Gasteiger partial charge in [0.05, 0.1) is 7.11 Å². The number of halogens is 1. The van der Waals surface area contributed by atoms with Crippen molar-refractivity contribution in [2.45, 2.75) is 38.1 Å². The molecule has 1 amide bonds. The van der Waals surface area contributed by atoms with Crippen molar-refractivity contribution in [3.8, 4) is 5.75 Å². The summed E-state index contributed by atoms with van der Waals surface area (Å²) in [6.45, 7) is 2.37. The SMILES string of the molecule is COc1ccc(C(=O)N2CCC[C@@H](c3nccn3CC3CC3)C2)cc1F. The molecule has 138 valence electrons. The highest BCUT2D eigenvalue weighted by Gasteiger charge is 2.30. The van der Waals surface area contributed by atoms with E-state index in [-0.39, 0.29) is 17.6 Å². The van der Waals surface area contributed by atoms with Crippen molar-refractivity contribution in [1.29, 1.82) is 0 Å². The number of imidazole rings is 1. The Bertz CT molecular complexity index is 800. The Labute approximate surface area is 152 Å². The molecule has 2 heterocycles. The van der Waals surface area contributed by atoms with Gasteiger partial charge in [-0.15, -0.1) is 0 Å². The maximum Gasteiger partial charge on any atom is 0.253 e. The van der Waals surface area contributed by atoms with E-state index >= 15 is 0 Å². The number of aromatic nitrogens is 2. The largest absolute Gasteiger partial charge is 0.494 e. The summed E-state index contributed by atoms with van der Waals surface area (Å²) in [5.74, 6) is 1.62. The van der Waals surface area contributed by atoms with Crippen LogP contribution in [0.1, 0.15) is 47.8 Å². The molecule has 1 aromatic carbocycles. The first-order chi connectivity index (χ1) is 12.7. The van der Waals surface area contributed by atoms with Crippen molar-refractivity contribution < 1.29 is 13.9 Å². The van der Waals surface area contributed by atoms with E-state index in [0.29, 0.717) is 18.7 Å². The van der Waals surface area contributed by atoms with Gasteiger partial charge in [0, 0.05) is 43.5 Å². The van der Waals surface area contributed by atoms with Crippen LogP contribution in [0.15, 0.2) is 30.6 Å². The number of amides is 1. The van der Waals surface area contributed by atoms with Gasteiger partial charge in [0.1, 0.15) is 5.82 Å². The van der Waals surface area contributed by atoms with Crippen molar-refractivity contribution in [2.24, 2.45) is 5.92 Å². The van der Waals surface area contributed by atoms with E-state index in [4.69, 9.17) is 4.74 Å². The number of ether oxygens (including phenoxy) is 1. The van der Waals surface area contributed by atoms with Crippen LogP contribution in [0.4, 0.5) is 4.39 Å². The monoisotopic (exact) mass is 357 g/mol. The van der Waals surface area contributed by atoms with E-state index in [0.717, 1.165) is 31.1 Å². The number of benzene rings is 1. The zero-order chi connectivity index (χ0) is 18.1. The molecule has 2 aromatic rings. The highest BCUT2D eigenvalue weighted by atomic mass is 19.1. The summed E-state index contributed by atoms with van der Waals surface area (Å²) in [6, 6.07) is 4.40. The number of carbonyl (C=O) groups is 1. The Morgan fingerprint density at radius 2 is 2.19 bits per heavy atom. The molecule has 0 unspecified atom stereocenters. The van der Waals surface area contributed by atoms with Crippen LogP contribution in [0.3, 0.4) is 0 Å². The second kappa shape index (κ2) is 7.09. The number of likely N-dealkylation sites (tertiary alicyclic amines) is 1. The normalized spacial score (nSPS) is 20.2. The first-order valence-corrected chi connectivity index (χ1v) is 9.29. The lowest BCUT2D eigenvalue weighted by atomic mass is 9.96. The van der Waals surface area contributed by atoms with Crippen LogP contribution in [0.5, 0.6) is 5.75 Å². The fraction of sp³-hybridized carbons (Fsp3) is 0.500. The van der Waals surface area contributed by atoms with Gasteiger partial charge < -0.3 is 14.2 Å². The van der Waals surface area contributed by atoms with Gasteiger partial charge in [-0.2, -0.15) is 0 Å². The molecule has 0 spiro atoms. The van der Waals surface area contributed by atoms with Crippen LogP contribution < -0.4 is 4.74 Å². The molecular weight excluding hydrogens is 333 g/mol. The Morgan fingerprint density at radius 1 is 1.35 bits per heavy atom. The molecule has 1 saturated heterocycles. The minimum absolute atomic E-state index is 0.128. The summed E-state index contributed by atoms with van der Waals surface area (Å²) < 4.78 is 21.1. The van der Waals surface area contributed by atoms with Gasteiger partial charge in [0.2, 0.25) is 0 Å². The lowest BCUT2D eigenvalue weighted by Gasteiger charge is -2.33. The second-order valence-corrected chi connectivity index (χ2v) is 7.32. The molecule has 26 heavy (non-hydrogen) atoms. The Balaban J connectivity index is 1.48. The number of methoxy groups -OCH3 is 1. The van der Waals surface area contributed by atoms with Crippen molar-refractivity contribution in [3.05, 3.63) is 47.8 Å². The number of rotatable bonds is 5. The predicted octanol–water partition coefficient (Wildman–Crippen LogP) is 3.46. The Kier molecular flexibility index (Phi) is 4.66. The molecule has 2 aliphatic rings. The summed E-state index contributed by atoms with van der Waals surface area (Å²) in [4.78, 5) is 19.2. The van der Waals surface area contributed by atoms with Crippen LogP contribution in [-0.2, 0) is 6.54 Å². The van der Waals surface area contributed by atoms with Crippen LogP contribution in [0.25, 0.3) is 0 Å². The minimum atomic E-state index is -0.508. The highest BCUT2D eigenvalue weighted by molar-refractivity contribution is 5.94. The molecule has 1 atom stereocenters. The van der Waals surface area contributed by atoms with Crippen LogP contribution in [0.2, 0.25) is 0 Å². The summed E-state index contributed by atoms with van der Waals surface area (Å²) in [5.41, 5.74) is 0.366. The first kappa shape index (κ1) is 17.1. The van der Waals surface area contributed by atoms with Crippen molar-refractivity contribution in [1.82, 2.24) is 14.5 Å². The average Bonchev–Trinajstić information content (AvgIpc) is 3.36. The molecule has 0 radical (unpaired) electrons. The average molecular weight is 357 g/mol. The Hall–Kier alpha value is -2.37. The number of nitrogens with zero attached hydrogens (tertiary/aromatic N) is 3. The van der Waals surface area contributed by atoms with Crippen molar-refractivity contribution in [3.63, 3.8) is 0 Å². The van der Waals surface area contributed by atoms with E-state index in [2.05, 4.69) is 9.55 Å². The molecule has 0 N–H and O–H groups in total. The van der Waals surface area contributed by atoms with E-state index in [1.165, 1.54) is 32.1 Å². The van der Waals surface area contributed by atoms with Crippen LogP contribution >= 0.6 is 0 Å². The molecule has 1 aliphatic heterocycles. The van der Waals surface area contributed by atoms with E-state index < -0.39 is 5.82 Å². The maximum atomic E-state index is 13.9. The fourth-order valence-electron chi connectivity index (χ4n) is 3.77. The smallest absolute Gasteiger partial charge is 0.253 e. The molecule has 1 aliphatic carbocycles. The van der Waals surface area contributed by atoms with E-state index in [1.807, 2.05) is 17.3 Å². The van der Waals surface area contributed by atoms with Gasteiger partial charge in [-0.1, -0.05) is 0 Å². The molecule has 1 saturated carbocycles. The fourth-order valence-corrected chi connectivity index (χ4v) is 3.77. The van der Waals surface area contributed by atoms with Gasteiger partial charge >= 0.3 is 0 Å². The van der Waals surface area contributed by atoms with Crippen molar-refractivity contribution in [2.75, 3.05) is 20.2 Å². The predicted molar refractivity (Wildman–Crippen MR) is 95.8 cm³/mol. The number of piperidine rings is 1. The van der Waals surface area contributed by atoms with Gasteiger partial charge in [-0.25, -0.2) is 9.37 Å². The highest BCUT2D eigenvalue weighted by Crippen LogP contribution is 2.33. The van der Waals surface area contributed by atoms with E-state index in [9.17, 15) is 9.18 Å². The zero-order valence-electron chi connectivity index (χ0n) is 15.0. The summed E-state index contributed by atoms with van der Waals surface area (Å²) in [6.07, 6.45) is 8.48. The van der Waals surface area contributed by atoms with Gasteiger partial charge in [-0.3, -0.25) is 4.79 Å². The third-order valence-corrected chi connectivity index (χ3v) is 5.37. The molecular formula is C20H24FN3O2.